The van der Waals surface area contributed by atoms with Crippen molar-refractivity contribution in [2.75, 3.05) is 4.72 Å². The highest BCUT2D eigenvalue weighted by Gasteiger charge is 2.21. The maximum atomic E-state index is 13.3. The summed E-state index contributed by atoms with van der Waals surface area (Å²) in [5.41, 5.74) is 3.32. The SMILES string of the molecule is N#CCC(c1cccc(S(=O)(=O)Nc2ccc3ccccc3c2)c1)n1cc(-c2ncnc3[nH]ccc23)cn1. The average Bonchev–Trinajstić information content (AvgIpc) is 3.62. The lowest BCUT2D eigenvalue weighted by molar-refractivity contribution is 0.531. The molecule has 2 N–H and O–H groups in total. The van der Waals surface area contributed by atoms with Crippen molar-refractivity contribution in [2.24, 2.45) is 0 Å². The van der Waals surface area contributed by atoms with E-state index in [9.17, 15) is 13.7 Å². The maximum absolute atomic E-state index is 13.3. The second-order valence-corrected chi connectivity index (χ2v) is 10.5. The van der Waals surface area contributed by atoms with Crippen molar-refractivity contribution < 1.29 is 8.42 Å². The fraction of sp³-hybridized carbons (Fsp3) is 0.0714. The molecule has 0 saturated carbocycles. The van der Waals surface area contributed by atoms with Crippen LogP contribution in [-0.4, -0.2) is 33.2 Å². The van der Waals surface area contributed by atoms with Crippen LogP contribution in [0.4, 0.5) is 5.69 Å². The summed E-state index contributed by atoms with van der Waals surface area (Å²) in [6.07, 6.45) is 6.87. The molecule has 0 amide bonds. The zero-order valence-corrected chi connectivity index (χ0v) is 20.8. The van der Waals surface area contributed by atoms with Gasteiger partial charge in [-0.2, -0.15) is 10.4 Å². The summed E-state index contributed by atoms with van der Waals surface area (Å²) in [7, 11) is -3.87. The van der Waals surface area contributed by atoms with Gasteiger partial charge in [0.25, 0.3) is 10.0 Å². The van der Waals surface area contributed by atoms with E-state index >= 15 is 0 Å². The number of hydrogen-bond donors (Lipinski definition) is 2. The van der Waals surface area contributed by atoms with Crippen LogP contribution in [0, 0.1) is 11.3 Å². The molecule has 0 radical (unpaired) electrons. The number of nitrogens with zero attached hydrogens (tertiary/aromatic N) is 5. The number of hydrogen-bond acceptors (Lipinski definition) is 6. The van der Waals surface area contributed by atoms with Crippen LogP contribution in [0.15, 0.2) is 103 Å². The summed E-state index contributed by atoms with van der Waals surface area (Å²) in [5, 5.41) is 16.9. The third-order valence-electron chi connectivity index (χ3n) is 6.39. The number of benzene rings is 3. The van der Waals surface area contributed by atoms with E-state index < -0.39 is 16.1 Å². The maximum Gasteiger partial charge on any atom is 0.261 e. The highest BCUT2D eigenvalue weighted by atomic mass is 32.2. The molecule has 0 aliphatic carbocycles. The molecule has 1 unspecified atom stereocenters. The molecule has 0 aliphatic rings. The molecule has 186 valence electrons. The number of rotatable bonds is 7. The van der Waals surface area contributed by atoms with Crippen LogP contribution in [0.2, 0.25) is 0 Å². The Morgan fingerprint density at radius 2 is 1.87 bits per heavy atom. The third kappa shape index (κ3) is 4.36. The first kappa shape index (κ1) is 23.4. The Morgan fingerprint density at radius 1 is 1.00 bits per heavy atom. The second kappa shape index (κ2) is 9.46. The number of anilines is 1. The zero-order valence-electron chi connectivity index (χ0n) is 20.0. The molecule has 0 bridgehead atoms. The summed E-state index contributed by atoms with van der Waals surface area (Å²) in [6, 6.07) is 23.4. The second-order valence-electron chi connectivity index (χ2n) is 8.79. The van der Waals surface area contributed by atoms with Gasteiger partial charge in [-0.3, -0.25) is 9.40 Å². The van der Waals surface area contributed by atoms with Gasteiger partial charge in [0, 0.05) is 29.0 Å². The van der Waals surface area contributed by atoms with Crippen molar-refractivity contribution in [3.05, 3.63) is 103 Å². The molecule has 6 aromatic rings. The summed E-state index contributed by atoms with van der Waals surface area (Å²) in [5.74, 6) is 0. The van der Waals surface area contributed by atoms with Crippen molar-refractivity contribution in [3.63, 3.8) is 0 Å². The lowest BCUT2D eigenvalue weighted by atomic mass is 10.0. The van der Waals surface area contributed by atoms with E-state index in [1.54, 1.807) is 47.4 Å². The molecule has 10 heteroatoms. The standard InChI is InChI=1S/C28H21N7O2S/c29-12-10-26(35-17-22(16-33-35)27-25-11-13-30-28(25)32-18-31-27)21-6-3-7-24(15-21)38(36,37)34-23-9-8-19-4-1-2-5-20(19)14-23/h1-9,11,13-18,26,34H,10H2,(H,30,31,32). The van der Waals surface area contributed by atoms with E-state index in [2.05, 4.69) is 30.8 Å². The predicted molar refractivity (Wildman–Crippen MR) is 145 cm³/mol. The Hall–Kier alpha value is -5.01. The third-order valence-corrected chi connectivity index (χ3v) is 7.77. The van der Waals surface area contributed by atoms with E-state index in [4.69, 9.17) is 0 Å². The molecule has 3 aromatic carbocycles. The lowest BCUT2D eigenvalue weighted by Crippen LogP contribution is -2.15. The van der Waals surface area contributed by atoms with E-state index in [0.717, 1.165) is 21.7 Å². The quantitative estimate of drug-likeness (QED) is 0.295. The first-order valence-corrected chi connectivity index (χ1v) is 13.3. The number of nitriles is 1. The minimum absolute atomic E-state index is 0.100. The number of aromatic nitrogens is 5. The Kier molecular flexibility index (Phi) is 5.82. The monoisotopic (exact) mass is 519 g/mol. The van der Waals surface area contributed by atoms with Crippen molar-refractivity contribution >= 4 is 37.5 Å². The fourth-order valence-corrected chi connectivity index (χ4v) is 5.64. The molecule has 0 fully saturated rings. The smallest absolute Gasteiger partial charge is 0.261 e. The normalized spacial score (nSPS) is 12.4. The van der Waals surface area contributed by atoms with Gasteiger partial charge in [-0.1, -0.05) is 42.5 Å². The van der Waals surface area contributed by atoms with E-state index in [1.165, 1.54) is 12.4 Å². The minimum atomic E-state index is -3.87. The van der Waals surface area contributed by atoms with Crippen LogP contribution in [0.25, 0.3) is 33.1 Å². The number of fused-ring (bicyclic) bond motifs is 2. The van der Waals surface area contributed by atoms with Crippen molar-refractivity contribution in [1.82, 2.24) is 24.7 Å². The lowest BCUT2D eigenvalue weighted by Gasteiger charge is -2.16. The van der Waals surface area contributed by atoms with Crippen molar-refractivity contribution in [1.29, 1.82) is 5.26 Å². The molecule has 0 aliphatic heterocycles. The molecular weight excluding hydrogens is 498 g/mol. The Balaban J connectivity index is 1.32. The van der Waals surface area contributed by atoms with Crippen LogP contribution < -0.4 is 4.72 Å². The van der Waals surface area contributed by atoms with Gasteiger partial charge in [0.1, 0.15) is 12.0 Å². The first-order chi connectivity index (χ1) is 18.5. The molecule has 6 rings (SSSR count). The van der Waals surface area contributed by atoms with Gasteiger partial charge in [0.15, 0.2) is 0 Å². The Bertz CT molecular complexity index is 1940. The van der Waals surface area contributed by atoms with Crippen LogP contribution in [0.1, 0.15) is 18.0 Å². The summed E-state index contributed by atoms with van der Waals surface area (Å²) in [4.78, 5) is 11.8. The highest BCUT2D eigenvalue weighted by molar-refractivity contribution is 7.92. The largest absolute Gasteiger partial charge is 0.346 e. The Morgan fingerprint density at radius 3 is 2.74 bits per heavy atom. The average molecular weight is 520 g/mol. The van der Waals surface area contributed by atoms with Crippen molar-refractivity contribution in [3.8, 4) is 17.3 Å². The zero-order chi connectivity index (χ0) is 26.1. The topological polar surface area (TPSA) is 129 Å². The summed E-state index contributed by atoms with van der Waals surface area (Å²) in [6.45, 7) is 0. The van der Waals surface area contributed by atoms with Gasteiger partial charge in [-0.15, -0.1) is 0 Å². The molecule has 1 atom stereocenters. The summed E-state index contributed by atoms with van der Waals surface area (Å²) < 4.78 is 30.9. The Labute approximate surface area is 218 Å². The van der Waals surface area contributed by atoms with Gasteiger partial charge < -0.3 is 4.98 Å². The molecule has 3 heterocycles. The summed E-state index contributed by atoms with van der Waals surface area (Å²) >= 11 is 0. The molecule has 9 nitrogen and oxygen atoms in total. The molecular formula is C28H21N7O2S. The van der Waals surface area contributed by atoms with E-state index in [1.807, 2.05) is 42.6 Å². The van der Waals surface area contributed by atoms with Crippen molar-refractivity contribution in [2.45, 2.75) is 17.4 Å². The fourth-order valence-electron chi connectivity index (χ4n) is 4.54. The first-order valence-electron chi connectivity index (χ1n) is 11.8. The highest BCUT2D eigenvalue weighted by Crippen LogP contribution is 2.29. The number of nitrogens with one attached hydrogen (secondary N) is 2. The number of H-pyrrole nitrogens is 1. The van der Waals surface area contributed by atoms with Crippen LogP contribution >= 0.6 is 0 Å². The van der Waals surface area contributed by atoms with Gasteiger partial charge in [-0.05, 0) is 46.7 Å². The number of aromatic amines is 1. The number of sulfonamides is 1. The van der Waals surface area contributed by atoms with E-state index in [-0.39, 0.29) is 11.3 Å². The van der Waals surface area contributed by atoms with E-state index in [0.29, 0.717) is 22.6 Å². The van der Waals surface area contributed by atoms with Gasteiger partial charge in [-0.25, -0.2) is 18.4 Å². The van der Waals surface area contributed by atoms with Crippen LogP contribution in [0.3, 0.4) is 0 Å². The van der Waals surface area contributed by atoms with Gasteiger partial charge in [0.2, 0.25) is 0 Å². The van der Waals surface area contributed by atoms with Crippen LogP contribution in [0.5, 0.6) is 0 Å². The molecule has 38 heavy (non-hydrogen) atoms. The minimum Gasteiger partial charge on any atom is -0.346 e. The predicted octanol–water partition coefficient (Wildman–Crippen LogP) is 5.28. The molecule has 0 spiro atoms. The molecule has 3 aromatic heterocycles. The van der Waals surface area contributed by atoms with Gasteiger partial charge >= 0.3 is 0 Å². The van der Waals surface area contributed by atoms with Crippen LogP contribution in [-0.2, 0) is 10.0 Å². The van der Waals surface area contributed by atoms with Gasteiger partial charge in [0.05, 0.1) is 35.3 Å². The molecule has 0 saturated heterocycles.